The van der Waals surface area contributed by atoms with Crippen molar-refractivity contribution in [2.24, 2.45) is 4.99 Å². The van der Waals surface area contributed by atoms with Gasteiger partial charge in [-0.3, -0.25) is 4.99 Å². The number of benzene rings is 2. The number of nitrogens with zero attached hydrogens (tertiary/aromatic N) is 1. The third kappa shape index (κ3) is 3.95. The van der Waals surface area contributed by atoms with Gasteiger partial charge in [0, 0.05) is 22.7 Å². The molecule has 1 aliphatic rings. The molecular weight excluding hydrogens is 329 g/mol. The Morgan fingerprint density at radius 3 is 2.52 bits per heavy atom. The first-order chi connectivity index (χ1) is 11.2. The zero-order valence-electron chi connectivity index (χ0n) is 12.9. The number of hydrogen-bond acceptors (Lipinski definition) is 2. The minimum Gasteiger partial charge on any atom is -0.497 e. The van der Waals surface area contributed by atoms with Crippen LogP contribution in [0.2, 0.25) is 10.0 Å². The van der Waals surface area contributed by atoms with E-state index >= 15 is 0 Å². The summed E-state index contributed by atoms with van der Waals surface area (Å²) < 4.78 is 5.18. The van der Waals surface area contributed by atoms with Crippen LogP contribution in [-0.4, -0.2) is 12.8 Å². The molecule has 2 aromatic carbocycles. The average molecular weight is 346 g/mol. The standard InChI is InChI=1S/C19H17Cl2NO/c1-23-16-8-3-13(4-9-16)2-6-15-7-11-19(22-15)17-10-5-14(20)12-18(17)21/h3-5,8-12H,2,6-7H2,1H3. The van der Waals surface area contributed by atoms with E-state index in [4.69, 9.17) is 32.9 Å². The van der Waals surface area contributed by atoms with Crippen molar-refractivity contribution in [2.75, 3.05) is 7.11 Å². The normalized spacial score (nSPS) is 13.7. The highest BCUT2D eigenvalue weighted by Crippen LogP contribution is 2.31. The third-order valence-corrected chi connectivity index (χ3v) is 4.43. The summed E-state index contributed by atoms with van der Waals surface area (Å²) in [6.07, 6.45) is 4.92. The van der Waals surface area contributed by atoms with Crippen LogP contribution in [0, 0.1) is 0 Å². The molecule has 4 heteroatoms. The lowest BCUT2D eigenvalue weighted by atomic mass is 10.1. The molecule has 0 aliphatic carbocycles. The average Bonchev–Trinajstić information content (AvgIpc) is 3.02. The van der Waals surface area contributed by atoms with Gasteiger partial charge in [-0.15, -0.1) is 0 Å². The van der Waals surface area contributed by atoms with Gasteiger partial charge in [0.15, 0.2) is 0 Å². The lowest BCUT2D eigenvalue weighted by molar-refractivity contribution is 0.414. The SMILES string of the molecule is COc1ccc(CCC2=NC(c3ccc(Cl)cc3Cl)=CC2)cc1. The predicted molar refractivity (Wildman–Crippen MR) is 97.8 cm³/mol. The molecule has 0 saturated carbocycles. The summed E-state index contributed by atoms with van der Waals surface area (Å²) in [5.41, 5.74) is 4.35. The van der Waals surface area contributed by atoms with Crippen LogP contribution in [0.5, 0.6) is 5.75 Å². The Kier molecular flexibility index (Phi) is 5.04. The fraction of sp³-hybridized carbons (Fsp3) is 0.211. The quantitative estimate of drug-likeness (QED) is 0.668. The second kappa shape index (κ2) is 7.20. The van der Waals surface area contributed by atoms with E-state index in [0.717, 1.165) is 36.3 Å². The molecule has 3 rings (SSSR count). The molecule has 0 bridgehead atoms. The Bertz CT molecular complexity index is 763. The van der Waals surface area contributed by atoms with Crippen LogP contribution in [0.15, 0.2) is 53.5 Å². The maximum absolute atomic E-state index is 6.25. The van der Waals surface area contributed by atoms with Gasteiger partial charge >= 0.3 is 0 Å². The summed E-state index contributed by atoms with van der Waals surface area (Å²) in [4.78, 5) is 4.72. The van der Waals surface area contributed by atoms with Crippen molar-refractivity contribution in [3.05, 3.63) is 69.7 Å². The molecular formula is C19H17Cl2NO. The second-order valence-corrected chi connectivity index (χ2v) is 6.29. The minimum absolute atomic E-state index is 0.640. The van der Waals surface area contributed by atoms with Crippen LogP contribution in [0.3, 0.4) is 0 Å². The van der Waals surface area contributed by atoms with Gasteiger partial charge in [0.25, 0.3) is 0 Å². The van der Waals surface area contributed by atoms with Crippen LogP contribution in [0.4, 0.5) is 0 Å². The van der Waals surface area contributed by atoms with Gasteiger partial charge in [-0.2, -0.15) is 0 Å². The number of allylic oxidation sites excluding steroid dienone is 1. The molecule has 1 aliphatic heterocycles. The summed E-state index contributed by atoms with van der Waals surface area (Å²) >= 11 is 12.2. The van der Waals surface area contributed by atoms with Gasteiger partial charge in [-0.1, -0.05) is 41.4 Å². The lowest BCUT2D eigenvalue weighted by Gasteiger charge is -2.04. The zero-order valence-corrected chi connectivity index (χ0v) is 14.4. The third-order valence-electron chi connectivity index (χ3n) is 3.88. The highest BCUT2D eigenvalue weighted by atomic mass is 35.5. The largest absolute Gasteiger partial charge is 0.497 e. The van der Waals surface area contributed by atoms with E-state index in [2.05, 4.69) is 18.2 Å². The zero-order chi connectivity index (χ0) is 16.2. The molecule has 1 heterocycles. The van der Waals surface area contributed by atoms with Crippen molar-refractivity contribution in [2.45, 2.75) is 19.3 Å². The van der Waals surface area contributed by atoms with Crippen LogP contribution >= 0.6 is 23.2 Å². The molecule has 0 aromatic heterocycles. The molecule has 2 nitrogen and oxygen atoms in total. The molecule has 0 saturated heterocycles. The van der Waals surface area contributed by atoms with Gasteiger partial charge < -0.3 is 4.74 Å². The number of halogens is 2. The van der Waals surface area contributed by atoms with Gasteiger partial charge in [0.1, 0.15) is 5.75 Å². The Morgan fingerprint density at radius 2 is 1.83 bits per heavy atom. The highest BCUT2D eigenvalue weighted by Gasteiger charge is 2.13. The summed E-state index contributed by atoms with van der Waals surface area (Å²) in [5, 5.41) is 1.28. The van der Waals surface area contributed by atoms with Gasteiger partial charge in [0.05, 0.1) is 17.8 Å². The van der Waals surface area contributed by atoms with Gasteiger partial charge in [0.2, 0.25) is 0 Å². The van der Waals surface area contributed by atoms with Crippen molar-refractivity contribution in [1.29, 1.82) is 0 Å². The first-order valence-electron chi connectivity index (χ1n) is 7.50. The van der Waals surface area contributed by atoms with Crippen molar-refractivity contribution in [1.82, 2.24) is 0 Å². The molecule has 0 unspecified atom stereocenters. The van der Waals surface area contributed by atoms with Crippen LogP contribution in [-0.2, 0) is 6.42 Å². The van der Waals surface area contributed by atoms with Crippen LogP contribution in [0.1, 0.15) is 24.0 Å². The molecule has 0 radical (unpaired) electrons. The molecule has 0 N–H and O–H groups in total. The number of rotatable bonds is 5. The molecule has 0 spiro atoms. The lowest BCUT2D eigenvalue weighted by Crippen LogP contribution is -1.97. The fourth-order valence-electron chi connectivity index (χ4n) is 2.58. The first kappa shape index (κ1) is 16.1. The minimum atomic E-state index is 0.640. The molecule has 0 amide bonds. The molecule has 0 atom stereocenters. The molecule has 2 aromatic rings. The van der Waals surface area contributed by atoms with E-state index in [1.54, 1.807) is 13.2 Å². The topological polar surface area (TPSA) is 21.6 Å². The number of aliphatic imine (C=N–C) groups is 1. The summed E-state index contributed by atoms with van der Waals surface area (Å²) in [6.45, 7) is 0. The summed E-state index contributed by atoms with van der Waals surface area (Å²) in [7, 11) is 1.68. The van der Waals surface area contributed by atoms with E-state index in [9.17, 15) is 0 Å². The number of ether oxygens (including phenoxy) is 1. The molecule has 0 fully saturated rings. The number of aryl methyl sites for hydroxylation is 1. The van der Waals surface area contributed by atoms with Crippen molar-refractivity contribution >= 4 is 34.6 Å². The van der Waals surface area contributed by atoms with E-state index in [1.807, 2.05) is 24.3 Å². The Labute approximate surface area is 146 Å². The van der Waals surface area contributed by atoms with Gasteiger partial charge in [-0.25, -0.2) is 0 Å². The maximum Gasteiger partial charge on any atom is 0.118 e. The van der Waals surface area contributed by atoms with Crippen LogP contribution < -0.4 is 4.74 Å². The fourth-order valence-corrected chi connectivity index (χ4v) is 3.09. The van der Waals surface area contributed by atoms with Crippen molar-refractivity contribution in [3.63, 3.8) is 0 Å². The van der Waals surface area contributed by atoms with E-state index in [1.165, 1.54) is 11.3 Å². The van der Waals surface area contributed by atoms with Crippen molar-refractivity contribution in [3.8, 4) is 5.75 Å². The summed E-state index contributed by atoms with van der Waals surface area (Å²) in [6, 6.07) is 13.7. The summed E-state index contributed by atoms with van der Waals surface area (Å²) in [5.74, 6) is 0.883. The second-order valence-electron chi connectivity index (χ2n) is 5.44. The smallest absolute Gasteiger partial charge is 0.118 e. The number of hydrogen-bond donors (Lipinski definition) is 0. The molecule has 118 valence electrons. The van der Waals surface area contributed by atoms with Crippen molar-refractivity contribution < 1.29 is 4.74 Å². The Morgan fingerprint density at radius 1 is 1.04 bits per heavy atom. The van der Waals surface area contributed by atoms with E-state index < -0.39 is 0 Å². The molecule has 23 heavy (non-hydrogen) atoms. The number of methoxy groups -OCH3 is 1. The monoisotopic (exact) mass is 345 g/mol. The Hall–Kier alpha value is -1.77. The van der Waals surface area contributed by atoms with E-state index in [-0.39, 0.29) is 0 Å². The Balaban J connectivity index is 1.64. The van der Waals surface area contributed by atoms with Crippen LogP contribution in [0.25, 0.3) is 5.70 Å². The maximum atomic E-state index is 6.25. The highest BCUT2D eigenvalue weighted by molar-refractivity contribution is 6.35. The van der Waals surface area contributed by atoms with Gasteiger partial charge in [-0.05, 0) is 48.7 Å². The first-order valence-corrected chi connectivity index (χ1v) is 8.26. The van der Waals surface area contributed by atoms with E-state index in [0.29, 0.717) is 10.0 Å². The predicted octanol–water partition coefficient (Wildman–Crippen LogP) is 5.82.